The molecule has 0 spiro atoms. The van der Waals surface area contributed by atoms with Crippen molar-refractivity contribution < 1.29 is 9.18 Å². The van der Waals surface area contributed by atoms with Crippen LogP contribution in [0, 0.1) is 5.82 Å². The zero-order chi connectivity index (χ0) is 24.8. The van der Waals surface area contributed by atoms with Gasteiger partial charge in [0.15, 0.2) is 4.96 Å². The van der Waals surface area contributed by atoms with Crippen molar-refractivity contribution in [2.45, 2.75) is 64.1 Å². The van der Waals surface area contributed by atoms with Gasteiger partial charge < -0.3 is 15.5 Å². The van der Waals surface area contributed by atoms with Crippen molar-refractivity contribution in [3.8, 4) is 11.3 Å². The largest absolute Gasteiger partial charge is 0.366 e. The number of aromatic nitrogens is 2. The molecule has 2 N–H and O–H groups in total. The number of anilines is 1. The summed E-state index contributed by atoms with van der Waals surface area (Å²) in [5, 5.41) is 6.69. The van der Waals surface area contributed by atoms with E-state index in [-0.39, 0.29) is 17.8 Å². The van der Waals surface area contributed by atoms with Crippen LogP contribution in [0.3, 0.4) is 0 Å². The standard InChI is InChI=1S/C28H32FN5OS/c1-3-5-18(6-4-2)31-27(35)17-7-10-25-26(11-17)36-28-32-24(16-34(25)28)22-9-8-20(13-23(22)29)33-15-19-12-21(33)14-30-19/h7-11,13,16,18-19,21,30H,3-6,12,14-15H2,1-2H3,(H,31,35). The molecule has 36 heavy (non-hydrogen) atoms. The number of hydrogen-bond acceptors (Lipinski definition) is 5. The Morgan fingerprint density at radius 1 is 1.22 bits per heavy atom. The van der Waals surface area contributed by atoms with E-state index in [1.165, 1.54) is 11.3 Å². The second kappa shape index (κ2) is 9.48. The van der Waals surface area contributed by atoms with E-state index >= 15 is 4.39 Å². The SMILES string of the molecule is CCCC(CCC)NC(=O)c1ccc2c(c1)sc1nc(-c3ccc(N4CC5CC4CN5)cc3F)cn12. The van der Waals surface area contributed by atoms with E-state index in [0.29, 0.717) is 28.9 Å². The van der Waals surface area contributed by atoms with Crippen LogP contribution in [0.15, 0.2) is 42.6 Å². The van der Waals surface area contributed by atoms with Crippen LogP contribution in [-0.4, -0.2) is 46.5 Å². The minimum absolute atomic E-state index is 0.0281. The highest BCUT2D eigenvalue weighted by molar-refractivity contribution is 7.23. The molecule has 6 rings (SSSR count). The van der Waals surface area contributed by atoms with Crippen molar-refractivity contribution in [2.24, 2.45) is 0 Å². The van der Waals surface area contributed by atoms with Crippen LogP contribution in [0.25, 0.3) is 26.4 Å². The van der Waals surface area contributed by atoms with Crippen LogP contribution >= 0.6 is 11.3 Å². The number of nitrogens with zero attached hydrogens (tertiary/aromatic N) is 3. The number of rotatable bonds is 8. The minimum atomic E-state index is -0.244. The van der Waals surface area contributed by atoms with E-state index in [4.69, 9.17) is 4.98 Å². The molecule has 2 saturated heterocycles. The summed E-state index contributed by atoms with van der Waals surface area (Å²) < 4.78 is 18.2. The molecular weight excluding hydrogens is 473 g/mol. The van der Waals surface area contributed by atoms with Gasteiger partial charge in [0.1, 0.15) is 5.82 Å². The van der Waals surface area contributed by atoms with E-state index in [9.17, 15) is 4.79 Å². The molecule has 4 aromatic rings. The molecule has 2 fully saturated rings. The normalized spacial score (nSPS) is 19.3. The fourth-order valence-corrected chi connectivity index (χ4v) is 6.84. The van der Waals surface area contributed by atoms with Gasteiger partial charge in [0.05, 0.1) is 15.9 Å². The van der Waals surface area contributed by atoms with Crippen LogP contribution in [0.2, 0.25) is 0 Å². The summed E-state index contributed by atoms with van der Waals surface area (Å²) in [5.74, 6) is -0.273. The van der Waals surface area contributed by atoms with Crippen molar-refractivity contribution >= 4 is 38.1 Å². The fourth-order valence-electron chi connectivity index (χ4n) is 5.79. The van der Waals surface area contributed by atoms with Crippen molar-refractivity contribution in [1.82, 2.24) is 20.0 Å². The Morgan fingerprint density at radius 2 is 2.06 bits per heavy atom. The summed E-state index contributed by atoms with van der Waals surface area (Å²) in [6.45, 7) is 6.20. The maximum Gasteiger partial charge on any atom is 0.251 e. The first-order valence-corrected chi connectivity index (χ1v) is 13.9. The number of halogens is 1. The molecule has 1 amide bonds. The molecule has 0 aliphatic carbocycles. The lowest BCUT2D eigenvalue weighted by Crippen LogP contribution is -2.43. The quantitative estimate of drug-likeness (QED) is 0.327. The highest BCUT2D eigenvalue weighted by Crippen LogP contribution is 2.34. The third-order valence-electron chi connectivity index (χ3n) is 7.58. The number of nitrogens with one attached hydrogen (secondary N) is 2. The van der Waals surface area contributed by atoms with E-state index in [0.717, 1.165) is 66.1 Å². The predicted octanol–water partition coefficient (Wildman–Crippen LogP) is 5.60. The molecule has 188 valence electrons. The van der Waals surface area contributed by atoms with Gasteiger partial charge in [-0.2, -0.15) is 0 Å². The van der Waals surface area contributed by atoms with Gasteiger partial charge in [0.25, 0.3) is 5.91 Å². The van der Waals surface area contributed by atoms with Crippen molar-refractivity contribution in [3.63, 3.8) is 0 Å². The third kappa shape index (κ3) is 4.16. The average Bonchev–Trinajstić information content (AvgIpc) is 3.64. The number of fused-ring (bicyclic) bond motifs is 5. The molecule has 2 aromatic carbocycles. The van der Waals surface area contributed by atoms with Crippen molar-refractivity contribution in [3.05, 3.63) is 54.0 Å². The molecule has 2 bridgehead atoms. The number of piperazine rings is 1. The minimum Gasteiger partial charge on any atom is -0.366 e. The summed E-state index contributed by atoms with van der Waals surface area (Å²) in [5.41, 5.74) is 3.72. The Kier molecular flexibility index (Phi) is 6.17. The Bertz CT molecular complexity index is 1420. The molecule has 2 aliphatic heterocycles. The molecule has 8 heteroatoms. The Labute approximate surface area is 214 Å². The summed E-state index contributed by atoms with van der Waals surface area (Å²) in [4.78, 5) is 20.7. The smallest absolute Gasteiger partial charge is 0.251 e. The second-order valence-corrected chi connectivity index (χ2v) is 11.1. The Balaban J connectivity index is 1.24. The van der Waals surface area contributed by atoms with Crippen molar-refractivity contribution in [2.75, 3.05) is 18.0 Å². The highest BCUT2D eigenvalue weighted by Gasteiger charge is 2.37. The summed E-state index contributed by atoms with van der Waals surface area (Å²) in [6.07, 6.45) is 7.11. The molecule has 2 aliphatic rings. The first kappa shape index (κ1) is 23.4. The lowest BCUT2D eigenvalue weighted by molar-refractivity contribution is 0.0932. The van der Waals surface area contributed by atoms with Crippen LogP contribution in [0.5, 0.6) is 0 Å². The second-order valence-electron chi connectivity index (χ2n) is 10.1. The molecule has 0 radical (unpaired) electrons. The van der Waals surface area contributed by atoms with Gasteiger partial charge in [0, 0.05) is 54.2 Å². The molecule has 2 atom stereocenters. The van der Waals surface area contributed by atoms with E-state index in [1.807, 2.05) is 40.9 Å². The maximum atomic E-state index is 15.2. The van der Waals surface area contributed by atoms with Gasteiger partial charge in [-0.3, -0.25) is 9.20 Å². The van der Waals surface area contributed by atoms with Crippen LogP contribution in [0.1, 0.15) is 56.3 Å². The number of amides is 1. The van der Waals surface area contributed by atoms with Crippen LogP contribution < -0.4 is 15.5 Å². The molecule has 4 heterocycles. The molecule has 2 unspecified atom stereocenters. The van der Waals surface area contributed by atoms with Crippen LogP contribution in [-0.2, 0) is 0 Å². The monoisotopic (exact) mass is 505 g/mol. The lowest BCUT2D eigenvalue weighted by Gasteiger charge is -2.29. The topological polar surface area (TPSA) is 61.7 Å². The van der Waals surface area contributed by atoms with E-state index in [2.05, 4.69) is 29.4 Å². The molecular formula is C28H32FN5OS. The number of thiazole rings is 1. The molecule has 6 nitrogen and oxygen atoms in total. The fraction of sp³-hybridized carbons (Fsp3) is 0.429. The van der Waals surface area contributed by atoms with Gasteiger partial charge in [0.2, 0.25) is 0 Å². The van der Waals surface area contributed by atoms with Gasteiger partial charge >= 0.3 is 0 Å². The zero-order valence-corrected chi connectivity index (χ0v) is 21.6. The number of carbonyl (C=O) groups excluding carboxylic acids is 1. The summed E-state index contributed by atoms with van der Waals surface area (Å²) in [7, 11) is 0. The van der Waals surface area contributed by atoms with Crippen LogP contribution in [0.4, 0.5) is 10.1 Å². The highest BCUT2D eigenvalue weighted by atomic mass is 32.1. The summed E-state index contributed by atoms with van der Waals surface area (Å²) in [6, 6.07) is 12.5. The molecule has 2 aromatic heterocycles. The number of imidazole rings is 1. The number of benzene rings is 2. The van der Waals surface area contributed by atoms with Gasteiger partial charge in [-0.05, 0) is 55.7 Å². The molecule has 0 saturated carbocycles. The number of hydrogen-bond donors (Lipinski definition) is 2. The third-order valence-corrected chi connectivity index (χ3v) is 8.60. The average molecular weight is 506 g/mol. The van der Waals surface area contributed by atoms with Gasteiger partial charge in [-0.25, -0.2) is 9.37 Å². The maximum absolute atomic E-state index is 15.2. The van der Waals surface area contributed by atoms with Crippen molar-refractivity contribution in [1.29, 1.82) is 0 Å². The van der Waals surface area contributed by atoms with E-state index < -0.39 is 0 Å². The van der Waals surface area contributed by atoms with E-state index in [1.54, 1.807) is 6.07 Å². The van der Waals surface area contributed by atoms with Gasteiger partial charge in [-0.15, -0.1) is 0 Å². The first-order chi connectivity index (χ1) is 17.5. The lowest BCUT2D eigenvalue weighted by atomic mass is 10.1. The number of carbonyl (C=O) groups is 1. The Morgan fingerprint density at radius 3 is 2.75 bits per heavy atom. The summed E-state index contributed by atoms with van der Waals surface area (Å²) >= 11 is 1.52. The Hall–Kier alpha value is -2.97. The zero-order valence-electron chi connectivity index (χ0n) is 20.8. The van der Waals surface area contributed by atoms with Gasteiger partial charge in [-0.1, -0.05) is 38.0 Å². The predicted molar refractivity (Wildman–Crippen MR) is 145 cm³/mol. The first-order valence-electron chi connectivity index (χ1n) is 13.1.